The normalized spacial score (nSPS) is 16.8. The van der Waals surface area contributed by atoms with Gasteiger partial charge in [-0.05, 0) is 86.8 Å². The zero-order valence-electron chi connectivity index (χ0n) is 22.9. The van der Waals surface area contributed by atoms with E-state index in [1.807, 2.05) is 24.3 Å². The molecule has 6 rings (SSSR count). The van der Waals surface area contributed by atoms with Gasteiger partial charge in [-0.2, -0.15) is 5.10 Å². The summed E-state index contributed by atoms with van der Waals surface area (Å²) in [5.74, 6) is -0.151. The number of nitrogens with zero attached hydrogens (tertiary/aromatic N) is 5. The van der Waals surface area contributed by atoms with Gasteiger partial charge in [-0.15, -0.1) is 0 Å². The molecule has 0 atom stereocenters. The molecule has 1 aliphatic rings. The highest BCUT2D eigenvalue weighted by Gasteiger charge is 2.27. The lowest BCUT2D eigenvalue weighted by Gasteiger charge is -2.27. The van der Waals surface area contributed by atoms with Gasteiger partial charge in [-0.3, -0.25) is 14.2 Å². The van der Waals surface area contributed by atoms with Gasteiger partial charge in [0.1, 0.15) is 23.2 Å². The molecular formula is C32H30FN7O2. The summed E-state index contributed by atoms with van der Waals surface area (Å²) < 4.78 is 18.8. The maximum atomic E-state index is 15.7. The first-order chi connectivity index (χ1) is 20.4. The Bertz CT molecular complexity index is 1840. The minimum absolute atomic E-state index is 0.0579. The lowest BCUT2D eigenvalue weighted by atomic mass is 9.80. The molecule has 5 aromatic rings. The molecule has 0 saturated heterocycles. The number of pyridine rings is 1. The van der Waals surface area contributed by atoms with E-state index in [1.54, 1.807) is 41.0 Å². The number of para-hydroxylation sites is 1. The molecule has 3 aromatic heterocycles. The van der Waals surface area contributed by atoms with Crippen molar-refractivity contribution in [2.75, 3.05) is 17.6 Å². The van der Waals surface area contributed by atoms with Crippen LogP contribution in [0.5, 0.6) is 0 Å². The second-order valence-electron chi connectivity index (χ2n) is 10.6. The van der Waals surface area contributed by atoms with Crippen molar-refractivity contribution in [2.45, 2.75) is 31.6 Å². The number of benzene rings is 2. The fourth-order valence-electron chi connectivity index (χ4n) is 5.88. The third kappa shape index (κ3) is 5.07. The quantitative estimate of drug-likeness (QED) is 0.254. The van der Waals surface area contributed by atoms with Crippen molar-refractivity contribution in [3.8, 4) is 16.8 Å². The maximum Gasteiger partial charge on any atom is 0.267 e. The Labute approximate surface area is 241 Å². The van der Waals surface area contributed by atoms with E-state index in [9.17, 15) is 9.59 Å². The smallest absolute Gasteiger partial charge is 0.267 e. The average molecular weight is 564 g/mol. The van der Waals surface area contributed by atoms with Crippen molar-refractivity contribution >= 4 is 29.6 Å². The summed E-state index contributed by atoms with van der Waals surface area (Å²) in [6.45, 7) is 4.39. The van der Waals surface area contributed by atoms with Crippen LogP contribution in [0.25, 0.3) is 22.3 Å². The predicted octanol–water partition coefficient (Wildman–Crippen LogP) is 5.50. The van der Waals surface area contributed by atoms with Crippen molar-refractivity contribution in [3.63, 3.8) is 0 Å². The molecule has 0 unspecified atom stereocenters. The summed E-state index contributed by atoms with van der Waals surface area (Å²) in [6.07, 6.45) is 7.01. The molecule has 10 heteroatoms. The molecule has 1 amide bonds. The van der Waals surface area contributed by atoms with Crippen LogP contribution in [-0.4, -0.2) is 38.3 Å². The number of hydrogen-bond acceptors (Lipinski definition) is 6. The van der Waals surface area contributed by atoms with Gasteiger partial charge in [-0.1, -0.05) is 18.2 Å². The molecule has 9 nitrogen and oxygen atoms in total. The number of rotatable bonds is 7. The molecule has 0 aliphatic heterocycles. The second-order valence-corrected chi connectivity index (χ2v) is 10.6. The van der Waals surface area contributed by atoms with Crippen LogP contribution in [0.3, 0.4) is 0 Å². The van der Waals surface area contributed by atoms with Crippen LogP contribution in [0.2, 0.25) is 0 Å². The van der Waals surface area contributed by atoms with E-state index >= 15 is 4.39 Å². The fraction of sp³-hybridized carbons (Fsp3) is 0.219. The Morgan fingerprint density at radius 2 is 1.83 bits per heavy atom. The molecule has 1 fully saturated rings. The minimum Gasteiger partial charge on any atom is -0.382 e. The Balaban J connectivity index is 1.29. The van der Waals surface area contributed by atoms with Gasteiger partial charge >= 0.3 is 0 Å². The highest BCUT2D eigenvalue weighted by atomic mass is 19.1. The number of nitrogens with one attached hydrogen (secondary N) is 1. The summed E-state index contributed by atoms with van der Waals surface area (Å²) in [6, 6.07) is 18.5. The molecule has 1 saturated carbocycles. The summed E-state index contributed by atoms with van der Waals surface area (Å²) in [5.41, 5.74) is 9.01. The highest BCUT2D eigenvalue weighted by Crippen LogP contribution is 2.41. The molecule has 212 valence electrons. The minimum atomic E-state index is -0.631. The zero-order chi connectivity index (χ0) is 29.2. The zero-order valence-corrected chi connectivity index (χ0v) is 22.9. The van der Waals surface area contributed by atoms with E-state index in [-0.39, 0.29) is 23.0 Å². The van der Waals surface area contributed by atoms with Crippen molar-refractivity contribution < 1.29 is 9.18 Å². The number of amides is 1. The van der Waals surface area contributed by atoms with Gasteiger partial charge in [0.05, 0.1) is 0 Å². The molecule has 42 heavy (non-hydrogen) atoms. The SMILES string of the molecule is C=NCC1CCC(c2cc(-c3ccc(NC(=O)c4cccn(-c5ccccc5)c4=O)cc3F)c3c(N)ncnn23)CC1. The van der Waals surface area contributed by atoms with Gasteiger partial charge < -0.3 is 16.0 Å². The average Bonchev–Trinajstić information content (AvgIpc) is 3.39. The number of aliphatic imine (C=N–C) groups is 1. The van der Waals surface area contributed by atoms with Crippen molar-refractivity contribution in [2.24, 2.45) is 10.9 Å². The first-order valence-electron chi connectivity index (χ1n) is 13.9. The first-order valence-corrected chi connectivity index (χ1v) is 13.9. The van der Waals surface area contributed by atoms with Crippen LogP contribution in [0, 0.1) is 11.7 Å². The maximum absolute atomic E-state index is 15.7. The molecule has 0 radical (unpaired) electrons. The van der Waals surface area contributed by atoms with Crippen LogP contribution in [0.4, 0.5) is 15.9 Å². The summed E-state index contributed by atoms with van der Waals surface area (Å²) in [7, 11) is 0. The van der Waals surface area contributed by atoms with Gasteiger partial charge in [-0.25, -0.2) is 13.9 Å². The van der Waals surface area contributed by atoms with E-state index in [0.29, 0.717) is 28.2 Å². The van der Waals surface area contributed by atoms with Crippen LogP contribution in [0.1, 0.15) is 47.7 Å². The van der Waals surface area contributed by atoms with E-state index < -0.39 is 17.3 Å². The molecule has 2 aromatic carbocycles. The third-order valence-corrected chi connectivity index (χ3v) is 8.01. The first kappa shape index (κ1) is 27.1. The number of carbonyl (C=O) groups excluding carboxylic acids is 1. The predicted molar refractivity (Wildman–Crippen MR) is 162 cm³/mol. The van der Waals surface area contributed by atoms with Crippen molar-refractivity contribution in [1.82, 2.24) is 19.2 Å². The van der Waals surface area contributed by atoms with Gasteiger partial charge in [0.15, 0.2) is 5.82 Å². The van der Waals surface area contributed by atoms with Crippen LogP contribution in [-0.2, 0) is 0 Å². The Morgan fingerprint density at radius 3 is 2.57 bits per heavy atom. The number of halogens is 1. The Hall–Kier alpha value is -5.12. The van der Waals surface area contributed by atoms with Gasteiger partial charge in [0, 0.05) is 46.9 Å². The molecular weight excluding hydrogens is 533 g/mol. The third-order valence-electron chi connectivity index (χ3n) is 8.01. The monoisotopic (exact) mass is 563 g/mol. The number of anilines is 2. The van der Waals surface area contributed by atoms with Crippen LogP contribution >= 0.6 is 0 Å². The van der Waals surface area contributed by atoms with Gasteiger partial charge in [0.25, 0.3) is 11.5 Å². The fourth-order valence-corrected chi connectivity index (χ4v) is 5.88. The lowest BCUT2D eigenvalue weighted by Crippen LogP contribution is -2.27. The molecule has 3 heterocycles. The number of nitrogen functional groups attached to an aromatic ring is 1. The topological polar surface area (TPSA) is 120 Å². The number of fused-ring (bicyclic) bond motifs is 1. The second kappa shape index (κ2) is 11.4. The van der Waals surface area contributed by atoms with E-state index in [1.165, 1.54) is 23.0 Å². The van der Waals surface area contributed by atoms with Gasteiger partial charge in [0.2, 0.25) is 0 Å². The lowest BCUT2D eigenvalue weighted by molar-refractivity contribution is 0.102. The highest BCUT2D eigenvalue weighted by molar-refractivity contribution is 6.04. The summed E-state index contributed by atoms with van der Waals surface area (Å²) >= 11 is 0. The van der Waals surface area contributed by atoms with Crippen molar-refractivity contribution in [1.29, 1.82) is 0 Å². The van der Waals surface area contributed by atoms with E-state index in [4.69, 9.17) is 5.73 Å². The van der Waals surface area contributed by atoms with Crippen LogP contribution < -0.4 is 16.6 Å². The number of aromatic nitrogens is 4. The summed E-state index contributed by atoms with van der Waals surface area (Å²) in [5, 5.41) is 7.12. The largest absolute Gasteiger partial charge is 0.382 e. The number of carbonyl (C=O) groups is 1. The Kier molecular flexibility index (Phi) is 7.35. The van der Waals surface area contributed by atoms with Crippen molar-refractivity contribution in [3.05, 3.63) is 107 Å². The number of hydrogen-bond donors (Lipinski definition) is 2. The molecule has 1 aliphatic carbocycles. The standard InChI is InChI=1S/C32H30FN7O2/c1-35-18-20-9-11-21(12-10-20)28-17-26(29-30(34)36-19-37-40(28)29)24-14-13-22(16-27(24)33)38-31(41)25-8-5-15-39(32(25)42)23-6-3-2-4-7-23/h2-8,13-17,19-21H,1,9-12,18H2,(H,38,41)(H2,34,36,37). The van der Waals surface area contributed by atoms with E-state index in [2.05, 4.69) is 27.1 Å². The summed E-state index contributed by atoms with van der Waals surface area (Å²) in [4.78, 5) is 34.3. The van der Waals surface area contributed by atoms with E-state index in [0.717, 1.165) is 37.9 Å². The Morgan fingerprint density at radius 1 is 1.05 bits per heavy atom. The molecule has 0 spiro atoms. The van der Waals surface area contributed by atoms with Crippen LogP contribution in [0.15, 0.2) is 89.0 Å². The molecule has 0 bridgehead atoms. The molecule has 3 N–H and O–H groups in total. The number of nitrogens with two attached hydrogens (primary N) is 1.